The maximum Gasteiger partial charge on any atom is 0.357 e. The Balaban J connectivity index is 2.12. The van der Waals surface area contributed by atoms with Gasteiger partial charge < -0.3 is 10.1 Å². The molecule has 1 heterocycles. The maximum atomic E-state index is 11.5. The summed E-state index contributed by atoms with van der Waals surface area (Å²) in [6, 6.07) is 0. The highest BCUT2D eigenvalue weighted by Gasteiger charge is 2.10. The van der Waals surface area contributed by atoms with E-state index >= 15 is 0 Å². The number of thiazole rings is 1. The maximum absolute atomic E-state index is 11.5. The monoisotopic (exact) mass is 298 g/mol. The average molecular weight is 298 g/mol. The van der Waals surface area contributed by atoms with Crippen LogP contribution in [0.2, 0.25) is 0 Å². The Hall–Kier alpha value is -1.10. The van der Waals surface area contributed by atoms with Crippen LogP contribution in [0.3, 0.4) is 0 Å². The van der Waals surface area contributed by atoms with E-state index in [1.54, 1.807) is 12.3 Å². The second kappa shape index (κ2) is 9.75. The van der Waals surface area contributed by atoms with Gasteiger partial charge in [-0.2, -0.15) is 0 Å². The minimum absolute atomic E-state index is 0.342. The normalized spacial score (nSPS) is 10.8. The van der Waals surface area contributed by atoms with E-state index in [0.29, 0.717) is 12.3 Å². The number of nitrogens with one attached hydrogen (secondary N) is 1. The van der Waals surface area contributed by atoms with Crippen molar-refractivity contribution in [3.8, 4) is 0 Å². The van der Waals surface area contributed by atoms with E-state index in [1.807, 2.05) is 0 Å². The van der Waals surface area contributed by atoms with Crippen molar-refractivity contribution in [1.29, 1.82) is 0 Å². The van der Waals surface area contributed by atoms with Crippen molar-refractivity contribution in [2.75, 3.05) is 18.5 Å². The lowest BCUT2D eigenvalue weighted by Gasteiger charge is -2.05. The van der Waals surface area contributed by atoms with Crippen LogP contribution < -0.4 is 5.32 Å². The first-order valence-electron chi connectivity index (χ1n) is 7.50. The number of nitrogens with zero attached hydrogens (tertiary/aromatic N) is 1. The Bertz CT molecular complexity index is 391. The highest BCUT2D eigenvalue weighted by Crippen LogP contribution is 2.16. The van der Waals surface area contributed by atoms with E-state index in [9.17, 15) is 4.79 Å². The first-order valence-corrected chi connectivity index (χ1v) is 8.38. The summed E-state index contributed by atoms with van der Waals surface area (Å²) < 4.78 is 4.91. The van der Waals surface area contributed by atoms with E-state index in [0.717, 1.165) is 24.0 Å². The Morgan fingerprint density at radius 3 is 2.80 bits per heavy atom. The number of hydrogen-bond acceptors (Lipinski definition) is 5. The summed E-state index contributed by atoms with van der Waals surface area (Å²) in [5.41, 5.74) is 0.399. The van der Waals surface area contributed by atoms with Crippen molar-refractivity contribution in [3.63, 3.8) is 0 Å². The van der Waals surface area contributed by atoms with E-state index < -0.39 is 0 Å². The predicted molar refractivity (Wildman–Crippen MR) is 84.5 cm³/mol. The van der Waals surface area contributed by atoms with Gasteiger partial charge in [-0.05, 0) is 19.3 Å². The van der Waals surface area contributed by atoms with Gasteiger partial charge in [-0.3, -0.25) is 0 Å². The predicted octanol–water partition coefficient (Wildman–Crippen LogP) is 4.34. The van der Waals surface area contributed by atoms with E-state index in [4.69, 9.17) is 4.74 Å². The first-order chi connectivity index (χ1) is 9.63. The van der Waals surface area contributed by atoms with Crippen molar-refractivity contribution in [2.45, 2.75) is 52.9 Å². The molecule has 5 heteroatoms. The molecule has 0 spiro atoms. The van der Waals surface area contributed by atoms with Gasteiger partial charge in [-0.15, -0.1) is 11.3 Å². The second-order valence-electron chi connectivity index (χ2n) is 5.28. The Morgan fingerprint density at radius 2 is 2.10 bits per heavy atom. The molecule has 0 fully saturated rings. The molecule has 0 aliphatic heterocycles. The van der Waals surface area contributed by atoms with Crippen molar-refractivity contribution < 1.29 is 9.53 Å². The van der Waals surface area contributed by atoms with Crippen molar-refractivity contribution in [2.24, 2.45) is 5.92 Å². The van der Waals surface area contributed by atoms with Gasteiger partial charge in [0.05, 0.1) is 6.61 Å². The minimum Gasteiger partial charge on any atom is -0.461 e. The standard InChI is InChI=1S/C15H26N2O2S/c1-4-19-14(18)13-11-20-15(17-13)16-10-8-6-5-7-9-12(2)3/h11-12H,4-10H2,1-3H3,(H,16,17). The van der Waals surface area contributed by atoms with Crippen LogP contribution in [0.15, 0.2) is 5.38 Å². The third-order valence-corrected chi connectivity index (χ3v) is 3.77. The van der Waals surface area contributed by atoms with Crippen molar-refractivity contribution >= 4 is 22.4 Å². The van der Waals surface area contributed by atoms with Crippen LogP contribution in [0.4, 0.5) is 5.13 Å². The largest absolute Gasteiger partial charge is 0.461 e. The smallest absolute Gasteiger partial charge is 0.357 e. The summed E-state index contributed by atoms with van der Waals surface area (Å²) in [5, 5.41) is 5.80. The lowest BCUT2D eigenvalue weighted by atomic mass is 10.0. The zero-order chi connectivity index (χ0) is 14.8. The number of rotatable bonds is 10. The molecule has 0 saturated heterocycles. The van der Waals surface area contributed by atoms with Gasteiger partial charge in [0.25, 0.3) is 0 Å². The molecule has 1 aromatic heterocycles. The third kappa shape index (κ3) is 6.89. The number of carbonyl (C=O) groups excluding carboxylic acids is 1. The van der Waals surface area contributed by atoms with Gasteiger partial charge in [0.2, 0.25) is 0 Å². The zero-order valence-electron chi connectivity index (χ0n) is 12.8. The number of ether oxygens (including phenoxy) is 1. The molecule has 1 aromatic rings. The lowest BCUT2D eigenvalue weighted by Crippen LogP contribution is -2.06. The summed E-state index contributed by atoms with van der Waals surface area (Å²) in [4.78, 5) is 15.7. The molecule has 1 rings (SSSR count). The van der Waals surface area contributed by atoms with Gasteiger partial charge in [-0.25, -0.2) is 9.78 Å². The molecule has 20 heavy (non-hydrogen) atoms. The van der Waals surface area contributed by atoms with Crippen LogP contribution in [0, 0.1) is 5.92 Å². The molecule has 0 aliphatic carbocycles. The molecule has 0 bridgehead atoms. The number of anilines is 1. The molecule has 4 nitrogen and oxygen atoms in total. The minimum atomic E-state index is -0.342. The molecule has 0 aromatic carbocycles. The summed E-state index contributed by atoms with van der Waals surface area (Å²) in [7, 11) is 0. The van der Waals surface area contributed by atoms with Gasteiger partial charge in [-0.1, -0.05) is 39.5 Å². The average Bonchev–Trinajstić information content (AvgIpc) is 2.86. The van der Waals surface area contributed by atoms with Crippen LogP contribution in [-0.2, 0) is 4.74 Å². The number of hydrogen-bond donors (Lipinski definition) is 1. The summed E-state index contributed by atoms with van der Waals surface area (Å²) in [5.74, 6) is 0.468. The quantitative estimate of drug-likeness (QED) is 0.516. The summed E-state index contributed by atoms with van der Waals surface area (Å²) in [6.07, 6.45) is 6.33. The van der Waals surface area contributed by atoms with Crippen molar-refractivity contribution in [3.05, 3.63) is 11.1 Å². The first kappa shape index (κ1) is 17.0. The fraction of sp³-hybridized carbons (Fsp3) is 0.733. The van der Waals surface area contributed by atoms with Crippen LogP contribution in [0.1, 0.15) is 63.4 Å². The fourth-order valence-electron chi connectivity index (χ4n) is 1.88. The number of unbranched alkanes of at least 4 members (excludes halogenated alkanes) is 3. The third-order valence-electron chi connectivity index (χ3n) is 2.97. The fourth-order valence-corrected chi connectivity index (χ4v) is 2.59. The Morgan fingerprint density at radius 1 is 1.35 bits per heavy atom. The molecule has 0 unspecified atom stereocenters. The molecular weight excluding hydrogens is 272 g/mol. The van der Waals surface area contributed by atoms with E-state index in [-0.39, 0.29) is 5.97 Å². The Labute approximate surface area is 125 Å². The summed E-state index contributed by atoms with van der Waals surface area (Å²) >= 11 is 1.45. The van der Waals surface area contributed by atoms with E-state index in [1.165, 1.54) is 37.0 Å². The molecule has 114 valence electrons. The molecule has 0 atom stereocenters. The van der Waals surface area contributed by atoms with Crippen molar-refractivity contribution in [1.82, 2.24) is 4.98 Å². The number of aromatic nitrogens is 1. The van der Waals surface area contributed by atoms with Gasteiger partial charge >= 0.3 is 5.97 Å². The SMILES string of the molecule is CCOC(=O)c1csc(NCCCCCCC(C)C)n1. The summed E-state index contributed by atoms with van der Waals surface area (Å²) in [6.45, 7) is 7.63. The van der Waals surface area contributed by atoms with Gasteiger partial charge in [0.15, 0.2) is 10.8 Å². The number of carbonyl (C=O) groups is 1. The topological polar surface area (TPSA) is 51.2 Å². The van der Waals surface area contributed by atoms with E-state index in [2.05, 4.69) is 24.1 Å². The molecule has 1 N–H and O–H groups in total. The molecular formula is C15H26N2O2S. The highest BCUT2D eigenvalue weighted by atomic mass is 32.1. The Kier molecular flexibility index (Phi) is 8.26. The van der Waals surface area contributed by atoms with Crippen LogP contribution in [0.25, 0.3) is 0 Å². The molecule has 0 radical (unpaired) electrons. The van der Waals surface area contributed by atoms with Gasteiger partial charge in [0, 0.05) is 11.9 Å². The molecule has 0 amide bonds. The lowest BCUT2D eigenvalue weighted by molar-refractivity contribution is 0.0520. The zero-order valence-corrected chi connectivity index (χ0v) is 13.6. The van der Waals surface area contributed by atoms with Crippen LogP contribution in [-0.4, -0.2) is 24.1 Å². The van der Waals surface area contributed by atoms with Crippen LogP contribution in [0.5, 0.6) is 0 Å². The van der Waals surface area contributed by atoms with Gasteiger partial charge in [0.1, 0.15) is 0 Å². The van der Waals surface area contributed by atoms with Crippen LogP contribution >= 0.6 is 11.3 Å². The molecule has 0 saturated carbocycles. The molecule has 0 aliphatic rings. The number of esters is 1. The highest BCUT2D eigenvalue weighted by molar-refractivity contribution is 7.13. The second-order valence-corrected chi connectivity index (χ2v) is 6.14.